The quantitative estimate of drug-likeness (QED) is 0.615. The van der Waals surface area contributed by atoms with Crippen molar-refractivity contribution in [1.82, 2.24) is 0 Å². The fourth-order valence-electron chi connectivity index (χ4n) is 3.49. The van der Waals surface area contributed by atoms with Crippen LogP contribution < -0.4 is 0 Å². The van der Waals surface area contributed by atoms with Gasteiger partial charge in [-0.1, -0.05) is 30.2 Å². The van der Waals surface area contributed by atoms with Crippen molar-refractivity contribution in [3.63, 3.8) is 0 Å². The lowest BCUT2D eigenvalue weighted by Gasteiger charge is -2.50. The minimum atomic E-state index is -0.173. The Kier molecular flexibility index (Phi) is 3.00. The molecule has 2 fully saturated rings. The molecule has 0 radical (unpaired) electrons. The zero-order valence-corrected chi connectivity index (χ0v) is 10.8. The van der Waals surface area contributed by atoms with Crippen molar-refractivity contribution in [2.75, 3.05) is 0 Å². The van der Waals surface area contributed by atoms with Gasteiger partial charge in [0, 0.05) is 5.41 Å². The fourth-order valence-corrected chi connectivity index (χ4v) is 3.49. The van der Waals surface area contributed by atoms with E-state index in [1.165, 1.54) is 23.1 Å². The molecule has 0 spiro atoms. The van der Waals surface area contributed by atoms with Crippen LogP contribution in [0, 0.1) is 11.3 Å². The molecule has 0 aromatic rings. The predicted molar refractivity (Wildman–Crippen MR) is 68.2 cm³/mol. The Bertz CT molecular complexity index is 335. The van der Waals surface area contributed by atoms with Gasteiger partial charge < -0.3 is 5.11 Å². The van der Waals surface area contributed by atoms with Crippen molar-refractivity contribution in [2.24, 2.45) is 11.3 Å². The Labute approximate surface area is 99.3 Å². The van der Waals surface area contributed by atoms with E-state index >= 15 is 0 Å². The first kappa shape index (κ1) is 11.9. The van der Waals surface area contributed by atoms with E-state index in [9.17, 15) is 5.11 Å². The zero-order valence-electron chi connectivity index (χ0n) is 10.8. The molecule has 90 valence electrons. The number of aliphatic hydroxyl groups is 1. The lowest BCUT2D eigenvalue weighted by Crippen LogP contribution is -2.46. The molecule has 0 aromatic carbocycles. The van der Waals surface area contributed by atoms with Crippen LogP contribution >= 0.6 is 0 Å². The molecular formula is C15H24O. The monoisotopic (exact) mass is 220 g/mol. The fraction of sp³-hybridized carbons (Fsp3) is 0.733. The maximum atomic E-state index is 10.4. The minimum absolute atomic E-state index is 0.0916. The molecule has 0 aliphatic heterocycles. The lowest BCUT2D eigenvalue weighted by atomic mass is 9.56. The van der Waals surface area contributed by atoms with Crippen molar-refractivity contribution >= 4 is 0 Å². The molecule has 1 N–H and O–H groups in total. The molecule has 16 heavy (non-hydrogen) atoms. The van der Waals surface area contributed by atoms with Gasteiger partial charge in [-0.3, -0.25) is 0 Å². The van der Waals surface area contributed by atoms with Gasteiger partial charge in [0.25, 0.3) is 0 Å². The minimum Gasteiger partial charge on any atom is -0.392 e. The van der Waals surface area contributed by atoms with Gasteiger partial charge in [0.05, 0.1) is 6.10 Å². The predicted octanol–water partition coefficient (Wildman–Crippen LogP) is 3.84. The second-order valence-electron chi connectivity index (χ2n) is 6.10. The lowest BCUT2D eigenvalue weighted by molar-refractivity contribution is -0.0305. The van der Waals surface area contributed by atoms with Crippen molar-refractivity contribution in [3.05, 3.63) is 23.3 Å². The summed E-state index contributed by atoms with van der Waals surface area (Å²) in [5.74, 6) is 0.509. The average molecular weight is 220 g/mol. The summed E-state index contributed by atoms with van der Waals surface area (Å²) in [4.78, 5) is 0. The Morgan fingerprint density at radius 3 is 2.69 bits per heavy atom. The summed E-state index contributed by atoms with van der Waals surface area (Å²) in [6.07, 6.45) is 5.36. The van der Waals surface area contributed by atoms with Gasteiger partial charge in [0.2, 0.25) is 0 Å². The molecule has 2 aliphatic rings. The summed E-state index contributed by atoms with van der Waals surface area (Å²) in [5, 5.41) is 10.4. The zero-order chi connectivity index (χ0) is 11.9. The molecule has 0 amide bonds. The molecule has 1 heteroatoms. The molecule has 2 aliphatic carbocycles. The van der Waals surface area contributed by atoms with Crippen LogP contribution in [0.4, 0.5) is 0 Å². The van der Waals surface area contributed by atoms with Gasteiger partial charge in [-0.05, 0) is 51.9 Å². The number of rotatable bonds is 0. The van der Waals surface area contributed by atoms with Crippen molar-refractivity contribution in [3.8, 4) is 0 Å². The summed E-state index contributed by atoms with van der Waals surface area (Å²) in [7, 11) is 0. The summed E-state index contributed by atoms with van der Waals surface area (Å²) in [5.41, 5.74) is 4.30. The van der Waals surface area contributed by atoms with Crippen LogP contribution in [-0.2, 0) is 0 Å². The Morgan fingerprint density at radius 2 is 2.06 bits per heavy atom. The van der Waals surface area contributed by atoms with Crippen molar-refractivity contribution in [1.29, 1.82) is 0 Å². The molecule has 0 unspecified atom stereocenters. The van der Waals surface area contributed by atoms with Gasteiger partial charge in [-0.2, -0.15) is 0 Å². The van der Waals surface area contributed by atoms with Gasteiger partial charge >= 0.3 is 0 Å². The molecule has 0 bridgehead atoms. The number of aliphatic hydroxyl groups excluding tert-OH is 1. The van der Waals surface area contributed by atoms with Crippen LogP contribution in [0.25, 0.3) is 0 Å². The van der Waals surface area contributed by atoms with E-state index in [1.807, 2.05) is 0 Å². The third kappa shape index (κ3) is 1.75. The SMILES string of the molecule is C=C1CCC[C@]2(C)[C@@H](O)CC(=C(C)C)C[C@@H]12. The van der Waals surface area contributed by atoms with Gasteiger partial charge in [-0.15, -0.1) is 0 Å². The van der Waals surface area contributed by atoms with Crippen LogP contribution in [-0.4, -0.2) is 11.2 Å². The number of allylic oxidation sites excluding steroid dienone is 2. The molecule has 3 atom stereocenters. The van der Waals surface area contributed by atoms with E-state index < -0.39 is 0 Å². The smallest absolute Gasteiger partial charge is 0.0636 e. The summed E-state index contributed by atoms with van der Waals surface area (Å²) < 4.78 is 0. The van der Waals surface area contributed by atoms with Crippen LogP contribution in [0.5, 0.6) is 0 Å². The van der Waals surface area contributed by atoms with E-state index in [1.54, 1.807) is 0 Å². The summed E-state index contributed by atoms with van der Waals surface area (Å²) >= 11 is 0. The Morgan fingerprint density at radius 1 is 1.38 bits per heavy atom. The van der Waals surface area contributed by atoms with Crippen LogP contribution in [0.3, 0.4) is 0 Å². The standard InChI is InChI=1S/C15H24O/c1-10(2)12-8-13-11(3)6-5-7-15(13,4)14(16)9-12/h13-14,16H,3,5-9H2,1-2,4H3/t13-,14-,15-/m0/s1. The number of hydrogen-bond donors (Lipinski definition) is 1. The molecule has 0 heterocycles. The van der Waals surface area contributed by atoms with Crippen molar-refractivity contribution < 1.29 is 5.11 Å². The number of hydrogen-bond acceptors (Lipinski definition) is 1. The maximum absolute atomic E-state index is 10.4. The van der Waals surface area contributed by atoms with Crippen LogP contribution in [0.15, 0.2) is 23.3 Å². The first-order valence-corrected chi connectivity index (χ1v) is 6.46. The van der Waals surface area contributed by atoms with E-state index in [-0.39, 0.29) is 11.5 Å². The molecule has 0 saturated heterocycles. The Hall–Kier alpha value is -0.560. The van der Waals surface area contributed by atoms with E-state index in [0.29, 0.717) is 5.92 Å². The van der Waals surface area contributed by atoms with Gasteiger partial charge in [0.1, 0.15) is 0 Å². The third-order valence-electron chi connectivity index (χ3n) is 4.86. The normalized spacial score (nSPS) is 39.5. The van der Waals surface area contributed by atoms with Gasteiger partial charge in [0.15, 0.2) is 0 Å². The number of fused-ring (bicyclic) bond motifs is 1. The second-order valence-corrected chi connectivity index (χ2v) is 6.10. The van der Waals surface area contributed by atoms with E-state index in [0.717, 1.165) is 25.7 Å². The largest absolute Gasteiger partial charge is 0.392 e. The van der Waals surface area contributed by atoms with Crippen LogP contribution in [0.1, 0.15) is 52.9 Å². The van der Waals surface area contributed by atoms with E-state index in [2.05, 4.69) is 27.4 Å². The molecule has 1 nitrogen and oxygen atoms in total. The first-order valence-electron chi connectivity index (χ1n) is 6.46. The second kappa shape index (κ2) is 4.03. The summed E-state index contributed by atoms with van der Waals surface area (Å²) in [6, 6.07) is 0. The van der Waals surface area contributed by atoms with E-state index in [4.69, 9.17) is 0 Å². The highest BCUT2D eigenvalue weighted by atomic mass is 16.3. The molecule has 2 saturated carbocycles. The van der Waals surface area contributed by atoms with Crippen molar-refractivity contribution in [2.45, 2.75) is 59.0 Å². The highest BCUT2D eigenvalue weighted by molar-refractivity contribution is 5.24. The highest BCUT2D eigenvalue weighted by Gasteiger charge is 2.47. The Balaban J connectivity index is 2.32. The molecular weight excluding hydrogens is 196 g/mol. The maximum Gasteiger partial charge on any atom is 0.0636 e. The molecule has 0 aromatic heterocycles. The first-order chi connectivity index (χ1) is 7.45. The third-order valence-corrected chi connectivity index (χ3v) is 4.86. The topological polar surface area (TPSA) is 20.2 Å². The average Bonchev–Trinajstić information content (AvgIpc) is 2.20. The summed E-state index contributed by atoms with van der Waals surface area (Å²) in [6.45, 7) is 10.8. The molecule has 2 rings (SSSR count). The van der Waals surface area contributed by atoms with Gasteiger partial charge in [-0.25, -0.2) is 0 Å². The van der Waals surface area contributed by atoms with Crippen LogP contribution in [0.2, 0.25) is 0 Å². The highest BCUT2D eigenvalue weighted by Crippen LogP contribution is 2.53.